The largest absolute Gasteiger partial charge is 0.366 e. The van der Waals surface area contributed by atoms with Crippen molar-refractivity contribution in [2.75, 3.05) is 23.3 Å². The first-order valence-electron chi connectivity index (χ1n) is 8.79. The minimum atomic E-state index is 0.00243. The lowest BCUT2D eigenvalue weighted by Crippen LogP contribution is -2.35. The number of halogens is 1. The Morgan fingerprint density at radius 1 is 1.41 bits per heavy atom. The number of amides is 1. The monoisotopic (exact) mass is 429 g/mol. The van der Waals surface area contributed by atoms with E-state index in [9.17, 15) is 4.79 Å². The number of rotatable bonds is 5. The van der Waals surface area contributed by atoms with Crippen LogP contribution in [0.4, 0.5) is 11.6 Å². The lowest BCUT2D eigenvalue weighted by molar-refractivity contribution is -0.119. The highest BCUT2D eigenvalue weighted by Gasteiger charge is 2.25. The molecular weight excluding hydrogens is 410 g/mol. The molecule has 1 aliphatic heterocycles. The zero-order valence-corrected chi connectivity index (χ0v) is 16.5. The van der Waals surface area contributed by atoms with Gasteiger partial charge in [0.25, 0.3) is 0 Å². The second kappa shape index (κ2) is 7.51. The highest BCUT2D eigenvalue weighted by atomic mass is 79.9. The summed E-state index contributed by atoms with van der Waals surface area (Å²) in [6, 6.07) is 6.10. The Balaban J connectivity index is 1.60. The molecule has 1 saturated heterocycles. The van der Waals surface area contributed by atoms with Gasteiger partial charge in [-0.25, -0.2) is 4.98 Å². The molecule has 0 aromatic carbocycles. The Morgan fingerprint density at radius 2 is 2.30 bits per heavy atom. The number of hydrogen-bond donors (Lipinski definition) is 2. The summed E-state index contributed by atoms with van der Waals surface area (Å²) in [7, 11) is 0. The van der Waals surface area contributed by atoms with E-state index < -0.39 is 0 Å². The standard InChI is InChI=1S/C18H20BrN7O/c1-12(27)23-14-4-6-25(11-14)17-7-16(21-9-13-3-2-5-20-8-13)26-18(24-17)15(19)10-22-26/h2-3,5,7-8,10,14,21H,4,6,9,11H2,1H3,(H,23,27). The fraction of sp³-hybridized carbons (Fsp3) is 0.333. The maximum atomic E-state index is 11.3. The molecule has 2 N–H and O–H groups in total. The van der Waals surface area contributed by atoms with Crippen LogP contribution in [-0.4, -0.2) is 44.6 Å². The number of anilines is 2. The van der Waals surface area contributed by atoms with Crippen LogP contribution in [0.2, 0.25) is 0 Å². The molecule has 0 saturated carbocycles. The first kappa shape index (κ1) is 17.7. The number of carbonyl (C=O) groups excluding carboxylic acids is 1. The molecule has 0 radical (unpaired) electrons. The van der Waals surface area contributed by atoms with Crippen LogP contribution in [0.25, 0.3) is 5.65 Å². The molecule has 1 amide bonds. The summed E-state index contributed by atoms with van der Waals surface area (Å²) in [6.07, 6.45) is 6.25. The zero-order chi connectivity index (χ0) is 18.8. The summed E-state index contributed by atoms with van der Waals surface area (Å²) in [4.78, 5) is 22.4. The van der Waals surface area contributed by atoms with Gasteiger partial charge in [-0.05, 0) is 34.0 Å². The van der Waals surface area contributed by atoms with Crippen molar-refractivity contribution in [3.8, 4) is 0 Å². The molecule has 8 nitrogen and oxygen atoms in total. The molecule has 1 fully saturated rings. The molecule has 140 valence electrons. The average Bonchev–Trinajstić information content (AvgIpc) is 3.27. The number of nitrogens with zero attached hydrogens (tertiary/aromatic N) is 5. The number of fused-ring (bicyclic) bond motifs is 1. The second-order valence-corrected chi connectivity index (χ2v) is 7.43. The molecule has 27 heavy (non-hydrogen) atoms. The van der Waals surface area contributed by atoms with E-state index in [1.807, 2.05) is 24.4 Å². The normalized spacial score (nSPS) is 16.7. The Hall–Kier alpha value is -2.68. The second-order valence-electron chi connectivity index (χ2n) is 6.57. The van der Waals surface area contributed by atoms with E-state index in [0.717, 1.165) is 46.8 Å². The smallest absolute Gasteiger partial charge is 0.217 e. The SMILES string of the molecule is CC(=O)NC1CCN(c2cc(NCc3cccnc3)n3ncc(Br)c3n2)C1. The highest BCUT2D eigenvalue weighted by Crippen LogP contribution is 2.26. The van der Waals surface area contributed by atoms with Crippen molar-refractivity contribution < 1.29 is 4.79 Å². The van der Waals surface area contributed by atoms with Gasteiger partial charge in [0.05, 0.1) is 10.7 Å². The van der Waals surface area contributed by atoms with Crippen molar-refractivity contribution in [1.29, 1.82) is 0 Å². The van der Waals surface area contributed by atoms with Crippen molar-refractivity contribution in [1.82, 2.24) is 24.9 Å². The molecule has 4 rings (SSSR count). The Labute approximate surface area is 165 Å². The van der Waals surface area contributed by atoms with Crippen LogP contribution < -0.4 is 15.5 Å². The van der Waals surface area contributed by atoms with Crippen LogP contribution in [0.15, 0.2) is 41.3 Å². The molecule has 1 aliphatic rings. The topological polar surface area (TPSA) is 87.5 Å². The van der Waals surface area contributed by atoms with Crippen molar-refractivity contribution in [2.24, 2.45) is 0 Å². The van der Waals surface area contributed by atoms with E-state index in [1.165, 1.54) is 0 Å². The van der Waals surface area contributed by atoms with Crippen LogP contribution >= 0.6 is 15.9 Å². The van der Waals surface area contributed by atoms with Gasteiger partial charge in [0, 0.05) is 51.1 Å². The number of pyridine rings is 1. The highest BCUT2D eigenvalue weighted by molar-refractivity contribution is 9.10. The van der Waals surface area contributed by atoms with E-state index in [-0.39, 0.29) is 11.9 Å². The third kappa shape index (κ3) is 3.87. The van der Waals surface area contributed by atoms with E-state index in [2.05, 4.69) is 41.5 Å². The number of hydrogen-bond acceptors (Lipinski definition) is 6. The third-order valence-corrected chi connectivity index (χ3v) is 5.09. The van der Waals surface area contributed by atoms with Gasteiger partial charge in [-0.3, -0.25) is 9.78 Å². The summed E-state index contributed by atoms with van der Waals surface area (Å²) in [5.74, 6) is 1.72. The summed E-state index contributed by atoms with van der Waals surface area (Å²) >= 11 is 3.53. The molecule has 1 atom stereocenters. The molecule has 0 spiro atoms. The number of nitrogens with one attached hydrogen (secondary N) is 2. The minimum Gasteiger partial charge on any atom is -0.366 e. The molecule has 0 aliphatic carbocycles. The quantitative estimate of drug-likeness (QED) is 0.646. The van der Waals surface area contributed by atoms with Crippen molar-refractivity contribution in [3.05, 3.63) is 46.8 Å². The molecule has 4 heterocycles. The van der Waals surface area contributed by atoms with Crippen molar-refractivity contribution in [2.45, 2.75) is 25.9 Å². The van der Waals surface area contributed by atoms with E-state index in [4.69, 9.17) is 4.98 Å². The van der Waals surface area contributed by atoms with Gasteiger partial charge in [-0.2, -0.15) is 9.61 Å². The maximum absolute atomic E-state index is 11.3. The molecular formula is C18H20BrN7O. The predicted octanol–water partition coefficient (Wildman–Crippen LogP) is 2.21. The summed E-state index contributed by atoms with van der Waals surface area (Å²) in [6.45, 7) is 3.79. The first-order valence-corrected chi connectivity index (χ1v) is 9.58. The lowest BCUT2D eigenvalue weighted by atomic mass is 10.2. The fourth-order valence-electron chi connectivity index (χ4n) is 3.28. The lowest BCUT2D eigenvalue weighted by Gasteiger charge is -2.19. The van der Waals surface area contributed by atoms with Crippen LogP contribution in [-0.2, 0) is 11.3 Å². The molecule has 0 bridgehead atoms. The Kier molecular flexibility index (Phi) is 4.93. The van der Waals surface area contributed by atoms with Gasteiger partial charge in [0.15, 0.2) is 5.65 Å². The molecule has 3 aromatic rings. The summed E-state index contributed by atoms with van der Waals surface area (Å²) in [5, 5.41) is 10.8. The average molecular weight is 430 g/mol. The number of aromatic nitrogens is 4. The predicted molar refractivity (Wildman–Crippen MR) is 107 cm³/mol. The van der Waals surface area contributed by atoms with Crippen LogP contribution in [0.3, 0.4) is 0 Å². The van der Waals surface area contributed by atoms with Crippen LogP contribution in [0.5, 0.6) is 0 Å². The maximum Gasteiger partial charge on any atom is 0.217 e. The summed E-state index contributed by atoms with van der Waals surface area (Å²) in [5.41, 5.74) is 1.84. The number of carbonyl (C=O) groups is 1. The third-order valence-electron chi connectivity index (χ3n) is 4.53. The zero-order valence-electron chi connectivity index (χ0n) is 14.9. The van der Waals surface area contributed by atoms with Gasteiger partial charge in [-0.15, -0.1) is 0 Å². The molecule has 1 unspecified atom stereocenters. The van der Waals surface area contributed by atoms with Gasteiger partial charge in [-0.1, -0.05) is 6.07 Å². The van der Waals surface area contributed by atoms with Gasteiger partial charge < -0.3 is 15.5 Å². The van der Waals surface area contributed by atoms with Crippen LogP contribution in [0, 0.1) is 0 Å². The molecule has 3 aromatic heterocycles. The van der Waals surface area contributed by atoms with Gasteiger partial charge >= 0.3 is 0 Å². The Bertz CT molecular complexity index is 959. The van der Waals surface area contributed by atoms with Crippen molar-refractivity contribution in [3.63, 3.8) is 0 Å². The van der Waals surface area contributed by atoms with E-state index >= 15 is 0 Å². The van der Waals surface area contributed by atoms with Gasteiger partial charge in [0.2, 0.25) is 5.91 Å². The minimum absolute atomic E-state index is 0.00243. The van der Waals surface area contributed by atoms with Gasteiger partial charge in [0.1, 0.15) is 11.6 Å². The molecule has 9 heteroatoms. The summed E-state index contributed by atoms with van der Waals surface area (Å²) < 4.78 is 2.62. The first-order chi connectivity index (χ1) is 13.1. The van der Waals surface area contributed by atoms with E-state index in [1.54, 1.807) is 23.8 Å². The Morgan fingerprint density at radius 3 is 3.07 bits per heavy atom. The van der Waals surface area contributed by atoms with E-state index in [0.29, 0.717) is 6.54 Å². The van der Waals surface area contributed by atoms with Crippen LogP contribution in [0.1, 0.15) is 18.9 Å². The fourth-order valence-corrected chi connectivity index (χ4v) is 3.63. The van der Waals surface area contributed by atoms with Crippen molar-refractivity contribution >= 4 is 39.1 Å².